The fraction of sp³-hybridized carbons (Fsp3) is 0.538. The molecule has 5 heteroatoms. The van der Waals surface area contributed by atoms with E-state index in [1.54, 1.807) is 6.07 Å². The van der Waals surface area contributed by atoms with Crippen molar-refractivity contribution >= 4 is 15.9 Å². The molecule has 98 valence electrons. The highest BCUT2D eigenvalue weighted by Crippen LogP contribution is 2.45. The van der Waals surface area contributed by atoms with Gasteiger partial charge in [-0.3, -0.25) is 0 Å². The number of nitrogens with one attached hydrogen (secondary N) is 1. The Labute approximate surface area is 114 Å². The number of ether oxygens (including phenoxy) is 2. The molecule has 0 radical (unpaired) electrons. The van der Waals surface area contributed by atoms with Crippen LogP contribution in [-0.4, -0.2) is 19.8 Å². The largest absolute Gasteiger partial charge is 0.486 e. The summed E-state index contributed by atoms with van der Waals surface area (Å²) in [5, 5.41) is 3.37. The van der Waals surface area contributed by atoms with Crippen LogP contribution in [0.4, 0.5) is 4.39 Å². The van der Waals surface area contributed by atoms with E-state index >= 15 is 0 Å². The Kier molecular flexibility index (Phi) is 2.98. The third-order valence-corrected chi connectivity index (χ3v) is 4.27. The standard InChI is InChI=1S/C13H15BrFNO2/c1-13(3-2-4-16-13)10-8(14)7-9-12(11(10)15)18-6-5-17-9/h7,16H,2-6H2,1H3. The molecule has 3 rings (SSSR count). The van der Waals surface area contributed by atoms with E-state index in [4.69, 9.17) is 9.47 Å². The van der Waals surface area contributed by atoms with E-state index < -0.39 is 0 Å². The monoisotopic (exact) mass is 315 g/mol. The Morgan fingerprint density at radius 1 is 1.39 bits per heavy atom. The Balaban J connectivity index is 2.14. The van der Waals surface area contributed by atoms with Gasteiger partial charge in [0.2, 0.25) is 0 Å². The molecule has 3 nitrogen and oxygen atoms in total. The van der Waals surface area contributed by atoms with Crippen molar-refractivity contribution in [3.05, 3.63) is 21.9 Å². The lowest BCUT2D eigenvalue weighted by Crippen LogP contribution is -2.35. The third kappa shape index (κ3) is 1.80. The van der Waals surface area contributed by atoms with Gasteiger partial charge in [-0.25, -0.2) is 4.39 Å². The smallest absolute Gasteiger partial charge is 0.197 e. The highest BCUT2D eigenvalue weighted by Gasteiger charge is 2.37. The topological polar surface area (TPSA) is 30.5 Å². The van der Waals surface area contributed by atoms with Crippen molar-refractivity contribution in [2.75, 3.05) is 19.8 Å². The van der Waals surface area contributed by atoms with E-state index in [0.717, 1.165) is 23.9 Å². The van der Waals surface area contributed by atoms with Crippen molar-refractivity contribution in [3.63, 3.8) is 0 Å². The predicted molar refractivity (Wildman–Crippen MR) is 69.7 cm³/mol. The molecule has 2 aliphatic heterocycles. The van der Waals surface area contributed by atoms with Crippen molar-refractivity contribution < 1.29 is 13.9 Å². The normalized spacial score (nSPS) is 26.4. The van der Waals surface area contributed by atoms with E-state index in [1.165, 1.54) is 0 Å². The first-order chi connectivity index (χ1) is 8.62. The average molecular weight is 316 g/mol. The minimum absolute atomic E-state index is 0.245. The van der Waals surface area contributed by atoms with Crippen LogP contribution in [0, 0.1) is 5.82 Å². The fourth-order valence-electron chi connectivity index (χ4n) is 2.73. The fourth-order valence-corrected chi connectivity index (χ4v) is 3.55. The van der Waals surface area contributed by atoms with Gasteiger partial charge < -0.3 is 14.8 Å². The van der Waals surface area contributed by atoms with E-state index in [1.807, 2.05) is 6.92 Å². The molecule has 1 aromatic carbocycles. The minimum Gasteiger partial charge on any atom is -0.486 e. The molecule has 18 heavy (non-hydrogen) atoms. The summed E-state index contributed by atoms with van der Waals surface area (Å²) in [6.07, 6.45) is 1.97. The van der Waals surface area contributed by atoms with Crippen LogP contribution in [0.2, 0.25) is 0 Å². The Bertz CT molecular complexity index is 486. The molecule has 1 N–H and O–H groups in total. The number of hydrogen-bond donors (Lipinski definition) is 1. The van der Waals surface area contributed by atoms with Crippen LogP contribution in [0.1, 0.15) is 25.3 Å². The molecular weight excluding hydrogens is 301 g/mol. The average Bonchev–Trinajstić information content (AvgIpc) is 2.77. The number of hydrogen-bond acceptors (Lipinski definition) is 3. The highest BCUT2D eigenvalue weighted by molar-refractivity contribution is 9.10. The van der Waals surface area contributed by atoms with Gasteiger partial charge in [-0.05, 0) is 32.4 Å². The van der Waals surface area contributed by atoms with Crippen molar-refractivity contribution in [1.29, 1.82) is 0 Å². The Hall–Kier alpha value is -0.810. The third-order valence-electron chi connectivity index (χ3n) is 3.65. The zero-order valence-electron chi connectivity index (χ0n) is 10.2. The molecule has 2 aliphatic rings. The molecule has 2 heterocycles. The molecule has 1 unspecified atom stereocenters. The van der Waals surface area contributed by atoms with Gasteiger partial charge in [0.05, 0.1) is 0 Å². The van der Waals surface area contributed by atoms with Gasteiger partial charge in [-0.2, -0.15) is 0 Å². The second kappa shape index (κ2) is 4.38. The van der Waals surface area contributed by atoms with Gasteiger partial charge in [-0.1, -0.05) is 15.9 Å². The molecule has 0 amide bonds. The van der Waals surface area contributed by atoms with E-state index in [0.29, 0.717) is 24.5 Å². The van der Waals surface area contributed by atoms with Crippen molar-refractivity contribution in [2.45, 2.75) is 25.3 Å². The molecule has 1 atom stereocenters. The molecule has 1 saturated heterocycles. The molecule has 0 aromatic heterocycles. The maximum atomic E-state index is 14.6. The first-order valence-corrected chi connectivity index (χ1v) is 6.94. The Morgan fingerprint density at radius 3 is 2.89 bits per heavy atom. The second-order valence-corrected chi connectivity index (χ2v) is 5.79. The SMILES string of the molecule is CC1(c2c(Br)cc3c(c2F)OCCO3)CCCN1. The van der Waals surface area contributed by atoms with Crippen LogP contribution in [0.15, 0.2) is 10.5 Å². The van der Waals surface area contributed by atoms with Crippen LogP contribution in [0.25, 0.3) is 0 Å². The zero-order valence-corrected chi connectivity index (χ0v) is 11.8. The van der Waals surface area contributed by atoms with Crippen LogP contribution in [0.3, 0.4) is 0 Å². The number of rotatable bonds is 1. The summed E-state index contributed by atoms with van der Waals surface area (Å²) in [6.45, 7) is 3.80. The number of fused-ring (bicyclic) bond motifs is 1. The molecule has 0 aliphatic carbocycles. The van der Waals surface area contributed by atoms with Gasteiger partial charge in [0.1, 0.15) is 13.2 Å². The second-order valence-electron chi connectivity index (χ2n) is 4.93. The number of halogens is 2. The van der Waals surface area contributed by atoms with Crippen LogP contribution in [0.5, 0.6) is 11.5 Å². The summed E-state index contributed by atoms with van der Waals surface area (Å²) in [5.74, 6) is 0.418. The van der Waals surface area contributed by atoms with Gasteiger partial charge in [0.15, 0.2) is 17.3 Å². The van der Waals surface area contributed by atoms with E-state index in [2.05, 4.69) is 21.2 Å². The van der Waals surface area contributed by atoms with Gasteiger partial charge in [0, 0.05) is 15.6 Å². The van der Waals surface area contributed by atoms with E-state index in [9.17, 15) is 4.39 Å². The summed E-state index contributed by atoms with van der Waals surface area (Å²) in [4.78, 5) is 0. The predicted octanol–water partition coefficient (Wildman–Crippen LogP) is 2.96. The molecule has 1 fully saturated rings. The molecule has 1 aromatic rings. The summed E-state index contributed by atoms with van der Waals surface area (Å²) in [6, 6.07) is 1.80. The van der Waals surface area contributed by atoms with Crippen LogP contribution >= 0.6 is 15.9 Å². The number of benzene rings is 1. The van der Waals surface area contributed by atoms with Gasteiger partial charge in [-0.15, -0.1) is 0 Å². The molecule has 0 bridgehead atoms. The summed E-state index contributed by atoms with van der Waals surface area (Å²) in [5.41, 5.74) is 0.308. The van der Waals surface area contributed by atoms with Crippen molar-refractivity contribution in [3.8, 4) is 11.5 Å². The zero-order chi connectivity index (χ0) is 12.8. The lowest BCUT2D eigenvalue weighted by Gasteiger charge is -2.29. The summed E-state index contributed by atoms with van der Waals surface area (Å²) >= 11 is 3.46. The Morgan fingerprint density at radius 2 is 2.17 bits per heavy atom. The van der Waals surface area contributed by atoms with Gasteiger partial charge >= 0.3 is 0 Å². The minimum atomic E-state index is -0.335. The maximum absolute atomic E-state index is 14.6. The van der Waals surface area contributed by atoms with Crippen LogP contribution < -0.4 is 14.8 Å². The van der Waals surface area contributed by atoms with Crippen LogP contribution in [-0.2, 0) is 5.54 Å². The van der Waals surface area contributed by atoms with Crippen molar-refractivity contribution in [1.82, 2.24) is 5.32 Å². The summed E-state index contributed by atoms with van der Waals surface area (Å²) in [7, 11) is 0. The highest BCUT2D eigenvalue weighted by atomic mass is 79.9. The van der Waals surface area contributed by atoms with E-state index in [-0.39, 0.29) is 17.1 Å². The quantitative estimate of drug-likeness (QED) is 0.864. The molecule has 0 spiro atoms. The first-order valence-electron chi connectivity index (χ1n) is 6.15. The lowest BCUT2D eigenvalue weighted by atomic mass is 9.89. The first kappa shape index (κ1) is 12.2. The molecular formula is C13H15BrFNO2. The molecule has 0 saturated carbocycles. The van der Waals surface area contributed by atoms with Crippen molar-refractivity contribution in [2.24, 2.45) is 0 Å². The van der Waals surface area contributed by atoms with Gasteiger partial charge in [0.25, 0.3) is 0 Å². The lowest BCUT2D eigenvalue weighted by molar-refractivity contribution is 0.162. The summed E-state index contributed by atoms with van der Waals surface area (Å²) < 4.78 is 26.2. The maximum Gasteiger partial charge on any atom is 0.197 e.